The van der Waals surface area contributed by atoms with Crippen molar-refractivity contribution in [3.05, 3.63) is 38.3 Å². The van der Waals surface area contributed by atoms with Crippen LogP contribution in [0.25, 0.3) is 0 Å². The summed E-state index contributed by atoms with van der Waals surface area (Å²) in [6.07, 6.45) is 0.447. The van der Waals surface area contributed by atoms with Gasteiger partial charge in [0.05, 0.1) is 15.5 Å². The van der Waals surface area contributed by atoms with Crippen molar-refractivity contribution in [1.82, 2.24) is 4.90 Å². The molecule has 1 aromatic carbocycles. The van der Waals surface area contributed by atoms with E-state index in [1.807, 2.05) is 18.0 Å². The van der Waals surface area contributed by atoms with E-state index in [1.54, 1.807) is 6.07 Å². The average Bonchev–Trinajstić information content (AvgIpc) is 2.28. The Morgan fingerprint density at radius 2 is 2.29 bits per heavy atom. The van der Waals surface area contributed by atoms with Crippen LogP contribution in [0.5, 0.6) is 0 Å². The number of benzene rings is 1. The molecular weight excluding hydrogens is 286 g/mol. The van der Waals surface area contributed by atoms with Gasteiger partial charge in [0.25, 0.3) is 5.69 Å². The van der Waals surface area contributed by atoms with Gasteiger partial charge in [0, 0.05) is 25.6 Å². The summed E-state index contributed by atoms with van der Waals surface area (Å²) >= 11 is 3.25. The smallest absolute Gasteiger partial charge is 0.283 e. The summed E-state index contributed by atoms with van der Waals surface area (Å²) < 4.78 is 0.508. The topological polar surface area (TPSA) is 70.2 Å². The van der Waals surface area contributed by atoms with Gasteiger partial charge in [-0.05, 0) is 28.5 Å². The number of hydrogen-bond donors (Lipinski definition) is 0. The molecule has 0 aromatic heterocycles. The first-order valence-corrected chi connectivity index (χ1v) is 5.83. The number of rotatable bonds is 5. The molecule has 0 N–H and O–H groups in total. The third-order valence-electron chi connectivity index (χ3n) is 2.30. The maximum absolute atomic E-state index is 10.8. The minimum Gasteiger partial charge on any atom is -0.301 e. The van der Waals surface area contributed by atoms with Crippen LogP contribution in [0.15, 0.2) is 22.7 Å². The summed E-state index contributed by atoms with van der Waals surface area (Å²) in [5.41, 5.74) is 0.913. The van der Waals surface area contributed by atoms with Crippen LogP contribution in [-0.2, 0) is 6.54 Å². The van der Waals surface area contributed by atoms with Gasteiger partial charge in [-0.1, -0.05) is 12.1 Å². The summed E-state index contributed by atoms with van der Waals surface area (Å²) in [4.78, 5) is 12.3. The molecule has 0 unspecified atom stereocenters. The van der Waals surface area contributed by atoms with Gasteiger partial charge in [-0.25, -0.2) is 0 Å². The van der Waals surface area contributed by atoms with Gasteiger partial charge in [0.1, 0.15) is 0 Å². The van der Waals surface area contributed by atoms with Crippen molar-refractivity contribution in [2.75, 3.05) is 13.6 Å². The Bertz CT molecular complexity index is 457. The van der Waals surface area contributed by atoms with Crippen molar-refractivity contribution in [3.63, 3.8) is 0 Å². The number of hydrogen-bond acceptors (Lipinski definition) is 4. The lowest BCUT2D eigenvalue weighted by molar-refractivity contribution is -0.385. The highest BCUT2D eigenvalue weighted by Crippen LogP contribution is 2.28. The van der Waals surface area contributed by atoms with E-state index in [0.29, 0.717) is 24.0 Å². The SMILES string of the molecule is CN(CCC#N)Cc1cccc([N+](=O)[O-])c1Br. The molecule has 1 rings (SSSR count). The van der Waals surface area contributed by atoms with E-state index < -0.39 is 4.92 Å². The third-order valence-corrected chi connectivity index (χ3v) is 3.22. The van der Waals surface area contributed by atoms with E-state index >= 15 is 0 Å². The normalized spacial score (nSPS) is 10.2. The second kappa shape index (κ2) is 6.33. The highest BCUT2D eigenvalue weighted by Gasteiger charge is 2.15. The van der Waals surface area contributed by atoms with Crippen LogP contribution in [0.2, 0.25) is 0 Å². The molecular formula is C11H12BrN3O2. The molecule has 5 nitrogen and oxygen atoms in total. The first-order valence-electron chi connectivity index (χ1n) is 5.03. The summed E-state index contributed by atoms with van der Waals surface area (Å²) in [7, 11) is 1.88. The van der Waals surface area contributed by atoms with Gasteiger partial charge in [-0.15, -0.1) is 0 Å². The Balaban J connectivity index is 2.82. The number of nitro groups is 1. The molecule has 0 aliphatic heterocycles. The molecule has 0 amide bonds. The van der Waals surface area contributed by atoms with Gasteiger partial charge in [0.2, 0.25) is 0 Å². The Hall–Kier alpha value is -1.45. The van der Waals surface area contributed by atoms with E-state index in [9.17, 15) is 10.1 Å². The van der Waals surface area contributed by atoms with Crippen LogP contribution >= 0.6 is 15.9 Å². The first-order chi connectivity index (χ1) is 8.06. The second-order valence-electron chi connectivity index (χ2n) is 3.65. The molecule has 6 heteroatoms. The second-order valence-corrected chi connectivity index (χ2v) is 4.45. The van der Waals surface area contributed by atoms with E-state index in [2.05, 4.69) is 22.0 Å². The molecule has 0 saturated heterocycles. The van der Waals surface area contributed by atoms with Crippen LogP contribution < -0.4 is 0 Å². The minimum atomic E-state index is -0.414. The standard InChI is InChI=1S/C11H12BrN3O2/c1-14(7-3-6-13)8-9-4-2-5-10(11(9)12)15(16)17/h2,4-5H,3,7-8H2,1H3. The minimum absolute atomic E-state index is 0.0659. The van der Waals surface area contributed by atoms with Crippen LogP contribution in [0.1, 0.15) is 12.0 Å². The van der Waals surface area contributed by atoms with Gasteiger partial charge >= 0.3 is 0 Å². The van der Waals surface area contributed by atoms with Gasteiger partial charge in [0.15, 0.2) is 0 Å². The van der Waals surface area contributed by atoms with Crippen molar-refractivity contribution >= 4 is 21.6 Å². The largest absolute Gasteiger partial charge is 0.301 e. The molecule has 90 valence electrons. The average molecular weight is 298 g/mol. The lowest BCUT2D eigenvalue weighted by Gasteiger charge is -2.15. The van der Waals surface area contributed by atoms with Crippen molar-refractivity contribution in [2.24, 2.45) is 0 Å². The zero-order valence-corrected chi connectivity index (χ0v) is 11.0. The Morgan fingerprint density at radius 1 is 1.59 bits per heavy atom. The van der Waals surface area contributed by atoms with Crippen molar-refractivity contribution in [2.45, 2.75) is 13.0 Å². The van der Waals surface area contributed by atoms with Gasteiger partial charge < -0.3 is 4.90 Å². The first kappa shape index (κ1) is 13.6. The van der Waals surface area contributed by atoms with Crippen molar-refractivity contribution in [1.29, 1.82) is 5.26 Å². The van der Waals surface area contributed by atoms with E-state index in [-0.39, 0.29) is 5.69 Å². The van der Waals surface area contributed by atoms with Crippen LogP contribution in [-0.4, -0.2) is 23.4 Å². The number of halogens is 1. The monoisotopic (exact) mass is 297 g/mol. The molecule has 17 heavy (non-hydrogen) atoms. The van der Waals surface area contributed by atoms with E-state index in [0.717, 1.165) is 5.56 Å². The van der Waals surface area contributed by atoms with Gasteiger partial charge in [-0.3, -0.25) is 10.1 Å². The maximum atomic E-state index is 10.8. The predicted octanol–water partition coefficient (Wildman–Crippen LogP) is 2.70. The molecule has 0 fully saturated rings. The van der Waals surface area contributed by atoms with Crippen molar-refractivity contribution in [3.8, 4) is 6.07 Å². The lowest BCUT2D eigenvalue weighted by Crippen LogP contribution is -2.19. The fourth-order valence-corrected chi connectivity index (χ4v) is 1.97. The molecule has 0 radical (unpaired) electrons. The summed E-state index contributed by atoms with van der Waals surface area (Å²) in [5.74, 6) is 0. The number of nitriles is 1. The molecule has 0 bridgehead atoms. The zero-order valence-electron chi connectivity index (χ0n) is 9.39. The Kier molecular flexibility index (Phi) is 5.07. The van der Waals surface area contributed by atoms with E-state index in [1.165, 1.54) is 6.07 Å². The van der Waals surface area contributed by atoms with E-state index in [4.69, 9.17) is 5.26 Å². The molecule has 0 saturated carbocycles. The fraction of sp³-hybridized carbons (Fsp3) is 0.364. The Labute approximate surface area is 108 Å². The highest BCUT2D eigenvalue weighted by atomic mass is 79.9. The predicted molar refractivity (Wildman–Crippen MR) is 67.4 cm³/mol. The van der Waals surface area contributed by atoms with Crippen LogP contribution in [0.3, 0.4) is 0 Å². The molecule has 0 atom stereocenters. The fourth-order valence-electron chi connectivity index (χ4n) is 1.44. The lowest BCUT2D eigenvalue weighted by atomic mass is 10.2. The zero-order chi connectivity index (χ0) is 12.8. The highest BCUT2D eigenvalue weighted by molar-refractivity contribution is 9.10. The maximum Gasteiger partial charge on any atom is 0.283 e. The summed E-state index contributed by atoms with van der Waals surface area (Å²) in [6, 6.07) is 7.02. The molecule has 0 aliphatic rings. The number of nitro benzene ring substituents is 1. The third kappa shape index (κ3) is 3.80. The molecule has 0 heterocycles. The van der Waals surface area contributed by atoms with Crippen LogP contribution in [0, 0.1) is 21.4 Å². The molecule has 0 aliphatic carbocycles. The molecule has 0 spiro atoms. The molecule has 1 aromatic rings. The van der Waals surface area contributed by atoms with Gasteiger partial charge in [-0.2, -0.15) is 5.26 Å². The number of nitrogens with zero attached hydrogens (tertiary/aromatic N) is 3. The Morgan fingerprint density at radius 3 is 2.88 bits per heavy atom. The van der Waals surface area contributed by atoms with Crippen molar-refractivity contribution < 1.29 is 4.92 Å². The quantitative estimate of drug-likeness (QED) is 0.619. The van der Waals surface area contributed by atoms with Crippen LogP contribution in [0.4, 0.5) is 5.69 Å². The summed E-state index contributed by atoms with van der Waals surface area (Å²) in [5, 5.41) is 19.2. The summed E-state index contributed by atoms with van der Waals surface area (Å²) in [6.45, 7) is 1.22.